The summed E-state index contributed by atoms with van der Waals surface area (Å²) in [6.45, 7) is 3.37. The summed E-state index contributed by atoms with van der Waals surface area (Å²) < 4.78 is 13.2. The summed E-state index contributed by atoms with van der Waals surface area (Å²) in [6, 6.07) is 4.31. The lowest BCUT2D eigenvalue weighted by Crippen LogP contribution is -2.28. The minimum atomic E-state index is -0.309. The molecule has 4 heteroatoms. The number of nitrogens with zero attached hydrogens (tertiary/aromatic N) is 1. The van der Waals surface area contributed by atoms with Gasteiger partial charge >= 0.3 is 0 Å². The van der Waals surface area contributed by atoms with E-state index in [-0.39, 0.29) is 17.1 Å². The fourth-order valence-electron chi connectivity index (χ4n) is 3.11. The average Bonchev–Trinajstić information content (AvgIpc) is 3.13. The molecule has 1 aliphatic heterocycles. The van der Waals surface area contributed by atoms with Crippen molar-refractivity contribution in [3.05, 3.63) is 34.6 Å². The Bertz CT molecular complexity index is 529. The Kier molecular flexibility index (Phi) is 3.05. The number of hydrogen-bond acceptors (Lipinski definition) is 1. The lowest BCUT2D eigenvalue weighted by molar-refractivity contribution is -0.128. The summed E-state index contributed by atoms with van der Waals surface area (Å²) in [5, 5.41) is 0.522. The Morgan fingerprint density at radius 1 is 1.47 bits per heavy atom. The Morgan fingerprint density at radius 2 is 2.21 bits per heavy atom. The van der Waals surface area contributed by atoms with Gasteiger partial charge in [-0.2, -0.15) is 0 Å². The van der Waals surface area contributed by atoms with Crippen molar-refractivity contribution in [3.63, 3.8) is 0 Å². The number of hydrogen-bond donors (Lipinski definition) is 0. The van der Waals surface area contributed by atoms with Crippen LogP contribution in [0.5, 0.6) is 0 Å². The molecule has 1 saturated carbocycles. The first-order valence-corrected chi connectivity index (χ1v) is 7.07. The minimum absolute atomic E-state index is 0.108. The lowest BCUT2D eigenvalue weighted by Gasteiger charge is -2.24. The lowest BCUT2D eigenvalue weighted by atomic mass is 9.84. The molecule has 102 valence electrons. The molecular weight excluding hydrogens is 265 g/mol. The summed E-state index contributed by atoms with van der Waals surface area (Å²) in [6.07, 6.45) is 3.08. The SMILES string of the molecule is C[C@@]1(C2CC2)CC(=O)N(Cc2cc(F)ccc2Cl)C1. The zero-order valence-electron chi connectivity index (χ0n) is 11.0. The fraction of sp³-hybridized carbons (Fsp3) is 0.533. The van der Waals surface area contributed by atoms with Crippen molar-refractivity contribution >= 4 is 17.5 Å². The highest BCUT2D eigenvalue weighted by Crippen LogP contribution is 2.51. The van der Waals surface area contributed by atoms with Crippen molar-refractivity contribution in [3.8, 4) is 0 Å². The summed E-state index contributed by atoms with van der Waals surface area (Å²) in [5.74, 6) is 0.537. The van der Waals surface area contributed by atoms with Crippen LogP contribution in [-0.4, -0.2) is 17.4 Å². The van der Waals surface area contributed by atoms with E-state index in [0.717, 1.165) is 6.54 Å². The zero-order valence-corrected chi connectivity index (χ0v) is 11.7. The van der Waals surface area contributed by atoms with Gasteiger partial charge in [0, 0.05) is 24.5 Å². The van der Waals surface area contributed by atoms with E-state index in [1.54, 1.807) is 6.07 Å². The zero-order chi connectivity index (χ0) is 13.6. The van der Waals surface area contributed by atoms with Gasteiger partial charge in [-0.15, -0.1) is 0 Å². The van der Waals surface area contributed by atoms with Gasteiger partial charge in [0.05, 0.1) is 0 Å². The molecule has 0 N–H and O–H groups in total. The molecule has 0 aromatic heterocycles. The van der Waals surface area contributed by atoms with Gasteiger partial charge < -0.3 is 4.90 Å². The Hall–Kier alpha value is -1.09. The number of rotatable bonds is 3. The third kappa shape index (κ3) is 2.48. The van der Waals surface area contributed by atoms with E-state index in [4.69, 9.17) is 11.6 Å². The van der Waals surface area contributed by atoms with Crippen LogP contribution in [0.1, 0.15) is 31.7 Å². The molecule has 1 aliphatic carbocycles. The first-order valence-electron chi connectivity index (χ1n) is 6.70. The summed E-state index contributed by atoms with van der Waals surface area (Å²) in [7, 11) is 0. The standard InChI is InChI=1S/C15H17ClFNO/c1-15(11-2-3-11)7-14(19)18(9-15)8-10-6-12(17)4-5-13(10)16/h4-6,11H,2-3,7-9H2,1H3/t15-/m1/s1. The monoisotopic (exact) mass is 281 g/mol. The molecule has 1 aromatic carbocycles. The first-order chi connectivity index (χ1) is 8.98. The average molecular weight is 282 g/mol. The molecule has 0 bridgehead atoms. The van der Waals surface area contributed by atoms with Crippen LogP contribution >= 0.6 is 11.6 Å². The first kappa shape index (κ1) is 12.9. The molecule has 2 nitrogen and oxygen atoms in total. The molecular formula is C15H17ClFNO. The molecule has 1 heterocycles. The Labute approximate surface area is 117 Å². The highest BCUT2D eigenvalue weighted by atomic mass is 35.5. The van der Waals surface area contributed by atoms with Gasteiger partial charge in [0.2, 0.25) is 5.91 Å². The second-order valence-electron chi connectivity index (χ2n) is 6.09. The van der Waals surface area contributed by atoms with Gasteiger partial charge in [-0.1, -0.05) is 18.5 Å². The molecule has 0 spiro atoms. The van der Waals surface area contributed by atoms with Gasteiger partial charge in [-0.25, -0.2) is 4.39 Å². The predicted molar refractivity (Wildman–Crippen MR) is 72.3 cm³/mol. The quantitative estimate of drug-likeness (QED) is 0.828. The maximum atomic E-state index is 13.2. The smallest absolute Gasteiger partial charge is 0.223 e. The van der Waals surface area contributed by atoms with Crippen molar-refractivity contribution in [2.24, 2.45) is 11.3 Å². The molecule has 1 amide bonds. The molecule has 1 saturated heterocycles. The Morgan fingerprint density at radius 3 is 2.89 bits per heavy atom. The molecule has 19 heavy (non-hydrogen) atoms. The van der Waals surface area contributed by atoms with E-state index >= 15 is 0 Å². The van der Waals surface area contributed by atoms with Gasteiger partial charge in [0.15, 0.2) is 0 Å². The van der Waals surface area contributed by atoms with Crippen molar-refractivity contribution in [2.75, 3.05) is 6.54 Å². The van der Waals surface area contributed by atoms with Crippen LogP contribution in [0.3, 0.4) is 0 Å². The Balaban J connectivity index is 1.76. The summed E-state index contributed by atoms with van der Waals surface area (Å²) >= 11 is 6.06. The topological polar surface area (TPSA) is 20.3 Å². The van der Waals surface area contributed by atoms with Crippen molar-refractivity contribution in [1.82, 2.24) is 4.90 Å². The van der Waals surface area contributed by atoms with Gasteiger partial charge in [0.25, 0.3) is 0 Å². The van der Waals surface area contributed by atoms with Crippen LogP contribution in [0.2, 0.25) is 5.02 Å². The number of carbonyl (C=O) groups is 1. The van der Waals surface area contributed by atoms with Crippen LogP contribution < -0.4 is 0 Å². The normalized spacial score (nSPS) is 27.1. The molecule has 0 radical (unpaired) electrons. The van der Waals surface area contributed by atoms with Gasteiger partial charge in [-0.3, -0.25) is 4.79 Å². The van der Waals surface area contributed by atoms with Crippen LogP contribution in [0, 0.1) is 17.2 Å². The molecule has 1 atom stereocenters. The van der Waals surface area contributed by atoms with Gasteiger partial charge in [-0.05, 0) is 47.9 Å². The number of likely N-dealkylation sites (tertiary alicyclic amines) is 1. The minimum Gasteiger partial charge on any atom is -0.338 e. The van der Waals surface area contributed by atoms with E-state index in [2.05, 4.69) is 6.92 Å². The number of benzene rings is 1. The highest BCUT2D eigenvalue weighted by molar-refractivity contribution is 6.31. The number of halogens is 2. The number of amides is 1. The predicted octanol–water partition coefficient (Wildman–Crippen LogP) is 3.63. The molecule has 2 fully saturated rings. The van der Waals surface area contributed by atoms with Crippen LogP contribution in [0.25, 0.3) is 0 Å². The van der Waals surface area contributed by atoms with E-state index in [0.29, 0.717) is 29.5 Å². The second kappa shape index (κ2) is 4.48. The third-order valence-electron chi connectivity index (χ3n) is 4.39. The highest BCUT2D eigenvalue weighted by Gasteiger charge is 2.49. The van der Waals surface area contributed by atoms with E-state index in [9.17, 15) is 9.18 Å². The largest absolute Gasteiger partial charge is 0.338 e. The van der Waals surface area contributed by atoms with Crippen molar-refractivity contribution in [2.45, 2.75) is 32.7 Å². The van der Waals surface area contributed by atoms with E-state index < -0.39 is 0 Å². The summed E-state index contributed by atoms with van der Waals surface area (Å²) in [5.41, 5.74) is 0.798. The van der Waals surface area contributed by atoms with Crippen LogP contribution in [0.4, 0.5) is 4.39 Å². The van der Waals surface area contributed by atoms with Gasteiger partial charge in [0.1, 0.15) is 5.82 Å². The third-order valence-corrected chi connectivity index (χ3v) is 4.76. The van der Waals surface area contributed by atoms with Crippen molar-refractivity contribution < 1.29 is 9.18 Å². The molecule has 1 aromatic rings. The van der Waals surface area contributed by atoms with Crippen LogP contribution in [0.15, 0.2) is 18.2 Å². The number of carbonyl (C=O) groups excluding carboxylic acids is 1. The van der Waals surface area contributed by atoms with Crippen molar-refractivity contribution in [1.29, 1.82) is 0 Å². The molecule has 2 aliphatic rings. The molecule has 0 unspecified atom stereocenters. The molecule has 3 rings (SSSR count). The summed E-state index contributed by atoms with van der Waals surface area (Å²) in [4.78, 5) is 13.9. The van der Waals surface area contributed by atoms with Crippen LogP contribution in [-0.2, 0) is 11.3 Å². The fourth-order valence-corrected chi connectivity index (χ4v) is 3.28. The van der Waals surface area contributed by atoms with E-state index in [1.807, 2.05) is 4.90 Å². The maximum absolute atomic E-state index is 13.2. The van der Waals surface area contributed by atoms with E-state index in [1.165, 1.54) is 25.0 Å². The second-order valence-corrected chi connectivity index (χ2v) is 6.50. The maximum Gasteiger partial charge on any atom is 0.223 e.